The smallest absolute Gasteiger partial charge is 0.283 e. The molecule has 2 aliphatic rings. The monoisotopic (exact) mass is 316 g/mol. The molecule has 2 aromatic rings. The van der Waals surface area contributed by atoms with Gasteiger partial charge in [-0.3, -0.25) is 0 Å². The summed E-state index contributed by atoms with van der Waals surface area (Å²) in [5.74, 6) is 1.30. The molecule has 1 unspecified atom stereocenters. The molecule has 0 aliphatic carbocycles. The molecular formula is C15H13ClN4O2. The lowest BCUT2D eigenvalue weighted by atomic mass is 9.78. The van der Waals surface area contributed by atoms with Crippen LogP contribution in [-0.2, 0) is 10.3 Å². The molecule has 1 aromatic carbocycles. The number of fused-ring (bicyclic) bond motifs is 4. The van der Waals surface area contributed by atoms with Gasteiger partial charge in [0.15, 0.2) is 5.75 Å². The molecule has 1 spiro atoms. The van der Waals surface area contributed by atoms with Gasteiger partial charge in [-0.25, -0.2) is 9.98 Å². The summed E-state index contributed by atoms with van der Waals surface area (Å²) in [6.07, 6.45) is 2.21. The Hall–Kier alpha value is -2.47. The van der Waals surface area contributed by atoms with E-state index < -0.39 is 5.54 Å². The number of hydrogen-bond acceptors (Lipinski definition) is 6. The fraction of sp³-hybridized carbons (Fsp3) is 0.200. The first-order chi connectivity index (χ1) is 10.6. The van der Waals surface area contributed by atoms with Gasteiger partial charge in [-0.1, -0.05) is 11.6 Å². The predicted molar refractivity (Wildman–Crippen MR) is 83.1 cm³/mol. The topological polar surface area (TPSA) is 95.8 Å². The Bertz CT molecular complexity index is 755. The van der Waals surface area contributed by atoms with E-state index in [9.17, 15) is 0 Å². The molecule has 0 radical (unpaired) electrons. The van der Waals surface area contributed by atoms with Crippen molar-refractivity contribution in [1.82, 2.24) is 4.98 Å². The van der Waals surface area contributed by atoms with E-state index in [1.807, 2.05) is 12.1 Å². The molecule has 0 saturated carbocycles. The fourth-order valence-corrected chi connectivity index (χ4v) is 3.17. The highest BCUT2D eigenvalue weighted by molar-refractivity contribution is 6.29. The molecule has 0 fully saturated rings. The van der Waals surface area contributed by atoms with Gasteiger partial charge in [0.05, 0.1) is 12.8 Å². The molecule has 22 heavy (non-hydrogen) atoms. The van der Waals surface area contributed by atoms with Crippen molar-refractivity contribution >= 4 is 23.3 Å². The molecule has 0 amide bonds. The number of anilines is 1. The van der Waals surface area contributed by atoms with Crippen molar-refractivity contribution in [3.8, 4) is 11.5 Å². The van der Waals surface area contributed by atoms with Crippen LogP contribution in [0.2, 0.25) is 5.15 Å². The predicted octanol–water partition coefficient (Wildman–Crippen LogP) is 2.40. The lowest BCUT2D eigenvalue weighted by Crippen LogP contribution is -2.38. The van der Waals surface area contributed by atoms with E-state index in [2.05, 4.69) is 9.98 Å². The largest absolute Gasteiger partial charge is 0.465 e. The van der Waals surface area contributed by atoms with Crippen LogP contribution in [0.25, 0.3) is 0 Å². The van der Waals surface area contributed by atoms with E-state index in [0.29, 0.717) is 35.4 Å². The Morgan fingerprint density at radius 2 is 1.95 bits per heavy atom. The Morgan fingerprint density at radius 3 is 2.77 bits per heavy atom. The number of hydrogen-bond donors (Lipinski definition) is 2. The maximum absolute atomic E-state index is 6.07. The second-order valence-corrected chi connectivity index (χ2v) is 5.66. The van der Waals surface area contributed by atoms with E-state index in [1.165, 1.54) is 0 Å². The molecule has 112 valence electrons. The van der Waals surface area contributed by atoms with Crippen molar-refractivity contribution < 1.29 is 9.47 Å². The Labute approximate surface area is 131 Å². The summed E-state index contributed by atoms with van der Waals surface area (Å²) in [6.45, 7) is 0.447. The molecular weight excluding hydrogens is 304 g/mol. The van der Waals surface area contributed by atoms with Crippen LogP contribution in [0.1, 0.15) is 17.5 Å². The van der Waals surface area contributed by atoms with Crippen molar-refractivity contribution in [3.63, 3.8) is 0 Å². The molecule has 1 atom stereocenters. The first kappa shape index (κ1) is 13.2. The molecule has 4 N–H and O–H groups in total. The van der Waals surface area contributed by atoms with Crippen molar-refractivity contribution in [1.29, 1.82) is 0 Å². The van der Waals surface area contributed by atoms with E-state index >= 15 is 0 Å². The number of aromatic nitrogens is 1. The molecule has 1 aromatic heterocycles. The third kappa shape index (κ3) is 1.80. The Balaban J connectivity index is 2.05. The number of halogens is 1. The van der Waals surface area contributed by atoms with E-state index in [4.69, 9.17) is 32.5 Å². The minimum Gasteiger partial charge on any atom is -0.465 e. The van der Waals surface area contributed by atoms with Crippen LogP contribution in [0.5, 0.6) is 11.5 Å². The first-order valence-corrected chi connectivity index (χ1v) is 7.18. The molecule has 6 nitrogen and oxygen atoms in total. The highest BCUT2D eigenvalue weighted by Crippen LogP contribution is 2.52. The summed E-state index contributed by atoms with van der Waals surface area (Å²) < 4.78 is 11.2. The van der Waals surface area contributed by atoms with Crippen molar-refractivity contribution in [2.45, 2.75) is 12.0 Å². The molecule has 4 rings (SSSR count). The van der Waals surface area contributed by atoms with Gasteiger partial charge in [0.25, 0.3) is 6.02 Å². The number of nitrogen functional groups attached to an aromatic ring is 1. The van der Waals surface area contributed by atoms with Crippen LogP contribution in [0.15, 0.2) is 35.5 Å². The number of nitrogens with zero attached hydrogens (tertiary/aromatic N) is 2. The van der Waals surface area contributed by atoms with Crippen molar-refractivity contribution in [2.75, 3.05) is 12.3 Å². The average molecular weight is 317 g/mol. The SMILES string of the molecule is NC1=NC2(CCO1)c1cc(N)ccc1Oc1cnc(Cl)cc12. The van der Waals surface area contributed by atoms with Gasteiger partial charge in [-0.15, -0.1) is 0 Å². The van der Waals surface area contributed by atoms with Crippen molar-refractivity contribution in [3.05, 3.63) is 46.7 Å². The minimum atomic E-state index is -0.715. The van der Waals surface area contributed by atoms with Gasteiger partial charge in [0.2, 0.25) is 0 Å². The van der Waals surface area contributed by atoms with Gasteiger partial charge in [0.1, 0.15) is 16.4 Å². The Kier molecular flexibility index (Phi) is 2.71. The van der Waals surface area contributed by atoms with Gasteiger partial charge >= 0.3 is 0 Å². The number of benzene rings is 1. The zero-order valence-corrected chi connectivity index (χ0v) is 12.3. The quantitative estimate of drug-likeness (QED) is 0.574. The van der Waals surface area contributed by atoms with Crippen LogP contribution in [-0.4, -0.2) is 17.6 Å². The second kappa shape index (κ2) is 4.51. The number of nitrogens with two attached hydrogens (primary N) is 2. The van der Waals surface area contributed by atoms with Gasteiger partial charge < -0.3 is 20.9 Å². The van der Waals surface area contributed by atoms with Gasteiger partial charge in [-0.05, 0) is 24.3 Å². The maximum atomic E-state index is 6.07. The highest BCUT2D eigenvalue weighted by Gasteiger charge is 2.45. The summed E-state index contributed by atoms with van der Waals surface area (Å²) in [6, 6.07) is 7.36. The first-order valence-electron chi connectivity index (χ1n) is 6.80. The van der Waals surface area contributed by atoms with Crippen LogP contribution >= 0.6 is 11.6 Å². The number of pyridine rings is 1. The molecule has 3 heterocycles. The number of ether oxygens (including phenoxy) is 2. The summed E-state index contributed by atoms with van der Waals surface area (Å²) in [4.78, 5) is 8.67. The molecule has 7 heteroatoms. The normalized spacial score (nSPS) is 22.1. The minimum absolute atomic E-state index is 0.139. The summed E-state index contributed by atoms with van der Waals surface area (Å²) >= 11 is 6.07. The third-order valence-electron chi connectivity index (χ3n) is 3.96. The van der Waals surface area contributed by atoms with Gasteiger partial charge in [-0.2, -0.15) is 0 Å². The van der Waals surface area contributed by atoms with E-state index in [1.54, 1.807) is 18.3 Å². The van der Waals surface area contributed by atoms with E-state index in [-0.39, 0.29) is 6.02 Å². The number of aliphatic imine (C=N–C) groups is 1. The van der Waals surface area contributed by atoms with Crippen LogP contribution in [0.4, 0.5) is 5.69 Å². The summed E-state index contributed by atoms with van der Waals surface area (Å²) in [5.41, 5.74) is 13.4. The van der Waals surface area contributed by atoms with Gasteiger partial charge in [0, 0.05) is 23.2 Å². The molecule has 0 bridgehead atoms. The zero-order chi connectivity index (χ0) is 15.3. The van der Waals surface area contributed by atoms with Crippen LogP contribution in [0, 0.1) is 0 Å². The second-order valence-electron chi connectivity index (χ2n) is 5.27. The standard InChI is InChI=1S/C15H13ClN4O2/c16-13-6-10-12(7-19-13)22-11-2-1-8(17)5-9(11)15(10)3-4-21-14(18)20-15/h1-2,5-7H,3-4,17H2,(H2,18,20). The third-order valence-corrected chi connectivity index (χ3v) is 4.17. The summed E-state index contributed by atoms with van der Waals surface area (Å²) in [7, 11) is 0. The maximum Gasteiger partial charge on any atom is 0.283 e. The van der Waals surface area contributed by atoms with Crippen molar-refractivity contribution in [2.24, 2.45) is 10.7 Å². The summed E-state index contributed by atoms with van der Waals surface area (Å²) in [5, 5.41) is 0.370. The van der Waals surface area contributed by atoms with Crippen LogP contribution in [0.3, 0.4) is 0 Å². The Morgan fingerprint density at radius 1 is 1.14 bits per heavy atom. The van der Waals surface area contributed by atoms with E-state index in [0.717, 1.165) is 11.1 Å². The molecule has 2 aliphatic heterocycles. The zero-order valence-electron chi connectivity index (χ0n) is 11.5. The van der Waals surface area contributed by atoms with Crippen LogP contribution < -0.4 is 16.2 Å². The number of rotatable bonds is 0. The highest BCUT2D eigenvalue weighted by atomic mass is 35.5. The average Bonchev–Trinajstić information content (AvgIpc) is 2.49. The lowest BCUT2D eigenvalue weighted by molar-refractivity contribution is 0.219. The fourth-order valence-electron chi connectivity index (χ4n) is 3.01. The lowest BCUT2D eigenvalue weighted by Gasteiger charge is -2.39. The molecule has 0 saturated heterocycles. The number of amidine groups is 1.